The van der Waals surface area contributed by atoms with Crippen molar-refractivity contribution in [3.05, 3.63) is 0 Å². The second kappa shape index (κ2) is 5.57. The molecule has 0 aliphatic rings. The fraction of sp³-hybridized carbons (Fsp3) is 1.00. The molecule has 0 aromatic heterocycles. The van der Waals surface area contributed by atoms with Gasteiger partial charge >= 0.3 is 0 Å². The third-order valence-electron chi connectivity index (χ3n) is 2.04. The highest BCUT2D eigenvalue weighted by Gasteiger charge is 2.10. The average molecular weight is 209 g/mol. The van der Waals surface area contributed by atoms with E-state index >= 15 is 0 Å². The van der Waals surface area contributed by atoms with Gasteiger partial charge in [0.25, 0.3) is 0 Å². The average Bonchev–Trinajstić information content (AvgIpc) is 2.04. The van der Waals surface area contributed by atoms with Gasteiger partial charge in [-0.15, -0.1) is 0 Å². The summed E-state index contributed by atoms with van der Waals surface area (Å²) in [4.78, 5) is 0. The van der Waals surface area contributed by atoms with E-state index in [0.717, 1.165) is 0 Å². The molecule has 0 aromatic rings. The van der Waals surface area contributed by atoms with Gasteiger partial charge in [-0.3, -0.25) is 0 Å². The molecule has 0 aliphatic carbocycles. The van der Waals surface area contributed by atoms with Gasteiger partial charge in [0.05, 0.1) is 11.9 Å². The molecule has 2 atom stereocenters. The maximum atomic E-state index is 11.0. The lowest BCUT2D eigenvalue weighted by atomic mass is 10.2. The van der Waals surface area contributed by atoms with Gasteiger partial charge < -0.3 is 10.4 Å². The standard InChI is InChI=1S/C8H19NO3S/c1-4-13(11,12)6-5-9-7(2)8(3)10/h7-10H,4-6H2,1-3H3. The fourth-order valence-electron chi connectivity index (χ4n) is 0.757. The lowest BCUT2D eigenvalue weighted by Crippen LogP contribution is -2.38. The molecule has 0 radical (unpaired) electrons. The van der Waals surface area contributed by atoms with E-state index in [9.17, 15) is 8.42 Å². The Kier molecular flexibility index (Phi) is 5.51. The molecule has 4 nitrogen and oxygen atoms in total. The SMILES string of the molecule is CCS(=O)(=O)CCNC(C)C(C)O. The lowest BCUT2D eigenvalue weighted by Gasteiger charge is -2.15. The van der Waals surface area contributed by atoms with Crippen molar-refractivity contribution in [2.24, 2.45) is 0 Å². The van der Waals surface area contributed by atoms with Crippen LogP contribution >= 0.6 is 0 Å². The number of aliphatic hydroxyl groups excluding tert-OH is 1. The quantitative estimate of drug-likeness (QED) is 0.635. The largest absolute Gasteiger partial charge is 0.392 e. The molecule has 5 heteroatoms. The Morgan fingerprint density at radius 2 is 1.92 bits per heavy atom. The van der Waals surface area contributed by atoms with Crippen LogP contribution in [0.5, 0.6) is 0 Å². The second-order valence-corrected chi connectivity index (χ2v) is 5.69. The summed E-state index contributed by atoms with van der Waals surface area (Å²) in [6.45, 7) is 5.53. The summed E-state index contributed by atoms with van der Waals surface area (Å²) in [6, 6.07) is -0.0629. The molecule has 0 aromatic carbocycles. The fourth-order valence-corrected chi connectivity index (χ4v) is 1.47. The Balaban J connectivity index is 3.69. The predicted octanol–water partition coefficient (Wildman–Crippen LogP) is -0.220. The number of hydrogen-bond acceptors (Lipinski definition) is 4. The van der Waals surface area contributed by atoms with Crippen molar-refractivity contribution < 1.29 is 13.5 Å². The molecule has 0 saturated carbocycles. The minimum atomic E-state index is -2.88. The summed E-state index contributed by atoms with van der Waals surface area (Å²) in [6.07, 6.45) is -0.454. The van der Waals surface area contributed by atoms with Gasteiger partial charge in [-0.25, -0.2) is 8.42 Å². The van der Waals surface area contributed by atoms with Crippen molar-refractivity contribution in [3.63, 3.8) is 0 Å². The molecular formula is C8H19NO3S. The van der Waals surface area contributed by atoms with E-state index in [-0.39, 0.29) is 17.5 Å². The Bertz CT molecular complexity index is 224. The van der Waals surface area contributed by atoms with Crippen LogP contribution in [0.4, 0.5) is 0 Å². The zero-order valence-electron chi connectivity index (χ0n) is 8.45. The van der Waals surface area contributed by atoms with Gasteiger partial charge in [0.2, 0.25) is 0 Å². The number of sulfone groups is 1. The van der Waals surface area contributed by atoms with Gasteiger partial charge in [-0.05, 0) is 13.8 Å². The zero-order valence-corrected chi connectivity index (χ0v) is 9.26. The number of aliphatic hydroxyl groups is 1. The predicted molar refractivity (Wildman–Crippen MR) is 53.5 cm³/mol. The molecule has 2 unspecified atom stereocenters. The summed E-state index contributed by atoms with van der Waals surface area (Å²) in [5.74, 6) is 0.318. The number of hydrogen-bond donors (Lipinski definition) is 2. The highest BCUT2D eigenvalue weighted by atomic mass is 32.2. The third kappa shape index (κ3) is 6.01. The monoisotopic (exact) mass is 209 g/mol. The molecule has 0 heterocycles. The van der Waals surface area contributed by atoms with E-state index in [1.807, 2.05) is 6.92 Å². The van der Waals surface area contributed by atoms with Crippen molar-refractivity contribution in [2.45, 2.75) is 32.9 Å². The van der Waals surface area contributed by atoms with Crippen LogP contribution in [0.25, 0.3) is 0 Å². The molecule has 0 bridgehead atoms. The van der Waals surface area contributed by atoms with Crippen LogP contribution < -0.4 is 5.32 Å². The van der Waals surface area contributed by atoms with Gasteiger partial charge in [0, 0.05) is 18.3 Å². The molecular weight excluding hydrogens is 190 g/mol. The van der Waals surface area contributed by atoms with Crippen LogP contribution in [-0.4, -0.2) is 43.7 Å². The van der Waals surface area contributed by atoms with Gasteiger partial charge in [-0.1, -0.05) is 6.92 Å². The molecule has 0 spiro atoms. The number of nitrogens with one attached hydrogen (secondary N) is 1. The van der Waals surface area contributed by atoms with Gasteiger partial charge in [0.15, 0.2) is 9.84 Å². The minimum Gasteiger partial charge on any atom is -0.392 e. The molecule has 80 valence electrons. The Hall–Kier alpha value is -0.130. The molecule has 0 saturated heterocycles. The summed E-state index contributed by atoms with van der Waals surface area (Å²) in [5.41, 5.74) is 0. The lowest BCUT2D eigenvalue weighted by molar-refractivity contribution is 0.154. The van der Waals surface area contributed by atoms with Crippen LogP contribution in [0.2, 0.25) is 0 Å². The van der Waals surface area contributed by atoms with Crippen molar-refractivity contribution in [3.8, 4) is 0 Å². The van der Waals surface area contributed by atoms with Gasteiger partial charge in [0.1, 0.15) is 0 Å². The van der Waals surface area contributed by atoms with E-state index in [4.69, 9.17) is 5.11 Å². The normalized spacial score (nSPS) is 16.9. The zero-order chi connectivity index (χ0) is 10.5. The van der Waals surface area contributed by atoms with E-state index < -0.39 is 15.9 Å². The van der Waals surface area contributed by atoms with Crippen LogP contribution in [0, 0.1) is 0 Å². The summed E-state index contributed by atoms with van der Waals surface area (Å²) >= 11 is 0. The van der Waals surface area contributed by atoms with Crippen molar-refractivity contribution in [2.75, 3.05) is 18.1 Å². The van der Waals surface area contributed by atoms with Crippen LogP contribution in [0.15, 0.2) is 0 Å². The highest BCUT2D eigenvalue weighted by molar-refractivity contribution is 7.91. The van der Waals surface area contributed by atoms with Crippen molar-refractivity contribution >= 4 is 9.84 Å². The summed E-state index contributed by atoms with van der Waals surface area (Å²) in [7, 11) is -2.88. The summed E-state index contributed by atoms with van der Waals surface area (Å²) < 4.78 is 22.1. The first-order chi connectivity index (χ1) is 5.89. The summed E-state index contributed by atoms with van der Waals surface area (Å²) in [5, 5.41) is 12.0. The maximum Gasteiger partial charge on any atom is 0.151 e. The number of rotatable bonds is 6. The Morgan fingerprint density at radius 3 is 2.31 bits per heavy atom. The van der Waals surface area contributed by atoms with E-state index in [2.05, 4.69) is 5.32 Å². The third-order valence-corrected chi connectivity index (χ3v) is 3.75. The van der Waals surface area contributed by atoms with Crippen LogP contribution in [-0.2, 0) is 9.84 Å². The van der Waals surface area contributed by atoms with Crippen molar-refractivity contribution in [1.29, 1.82) is 0 Å². The minimum absolute atomic E-state index is 0.0629. The molecule has 0 fully saturated rings. The van der Waals surface area contributed by atoms with E-state index in [1.54, 1.807) is 13.8 Å². The molecule has 0 amide bonds. The topological polar surface area (TPSA) is 66.4 Å². The first-order valence-electron chi connectivity index (χ1n) is 4.51. The van der Waals surface area contributed by atoms with E-state index in [0.29, 0.717) is 6.54 Å². The first kappa shape index (κ1) is 12.9. The van der Waals surface area contributed by atoms with Crippen molar-refractivity contribution in [1.82, 2.24) is 5.32 Å². The first-order valence-corrected chi connectivity index (χ1v) is 6.33. The van der Waals surface area contributed by atoms with E-state index in [1.165, 1.54) is 0 Å². The van der Waals surface area contributed by atoms with Crippen LogP contribution in [0.1, 0.15) is 20.8 Å². The molecule has 0 rings (SSSR count). The van der Waals surface area contributed by atoms with Crippen LogP contribution in [0.3, 0.4) is 0 Å². The Morgan fingerprint density at radius 1 is 1.38 bits per heavy atom. The Labute approximate surface area is 80.3 Å². The molecule has 13 heavy (non-hydrogen) atoms. The molecule has 2 N–H and O–H groups in total. The van der Waals surface area contributed by atoms with Gasteiger partial charge in [-0.2, -0.15) is 0 Å². The molecule has 0 aliphatic heterocycles. The highest BCUT2D eigenvalue weighted by Crippen LogP contribution is 1.92. The maximum absolute atomic E-state index is 11.0. The smallest absolute Gasteiger partial charge is 0.151 e. The second-order valence-electron chi connectivity index (χ2n) is 3.22.